The van der Waals surface area contributed by atoms with E-state index >= 15 is 0 Å². The van der Waals surface area contributed by atoms with Crippen LogP contribution in [0.2, 0.25) is 0 Å². The third kappa shape index (κ3) is 2.20. The van der Waals surface area contributed by atoms with Gasteiger partial charge in [-0.15, -0.1) is 0 Å². The van der Waals surface area contributed by atoms with E-state index in [1.807, 2.05) is 19.9 Å². The Labute approximate surface area is 113 Å². The SMILES string of the molecule is Cc1ccc2c(C)c(C(=O)C3CCCCC3)oc2c1. The van der Waals surface area contributed by atoms with Crippen LogP contribution in [-0.2, 0) is 0 Å². The first-order chi connectivity index (χ1) is 9.16. The molecule has 0 N–H and O–H groups in total. The fourth-order valence-corrected chi connectivity index (χ4v) is 3.12. The summed E-state index contributed by atoms with van der Waals surface area (Å²) in [4.78, 5) is 12.6. The van der Waals surface area contributed by atoms with Crippen molar-refractivity contribution in [3.63, 3.8) is 0 Å². The second-order valence-electron chi connectivity index (χ2n) is 5.75. The van der Waals surface area contributed by atoms with Gasteiger partial charge in [-0.1, -0.05) is 31.4 Å². The largest absolute Gasteiger partial charge is 0.453 e. The van der Waals surface area contributed by atoms with Gasteiger partial charge in [-0.25, -0.2) is 0 Å². The van der Waals surface area contributed by atoms with Crippen molar-refractivity contribution in [2.45, 2.75) is 46.0 Å². The summed E-state index contributed by atoms with van der Waals surface area (Å²) >= 11 is 0. The van der Waals surface area contributed by atoms with Gasteiger partial charge in [0.25, 0.3) is 0 Å². The van der Waals surface area contributed by atoms with E-state index in [4.69, 9.17) is 4.42 Å². The Kier molecular flexibility index (Phi) is 3.17. The van der Waals surface area contributed by atoms with Crippen molar-refractivity contribution >= 4 is 16.8 Å². The Morgan fingerprint density at radius 3 is 2.63 bits per heavy atom. The standard InChI is InChI=1S/C17H20O2/c1-11-8-9-14-12(2)17(19-15(14)10-11)16(18)13-6-4-3-5-7-13/h8-10,13H,3-7H2,1-2H3. The van der Waals surface area contributed by atoms with Gasteiger partial charge in [-0.05, 0) is 38.3 Å². The smallest absolute Gasteiger partial charge is 0.201 e. The van der Waals surface area contributed by atoms with Gasteiger partial charge in [0.05, 0.1) is 0 Å². The number of benzene rings is 1. The van der Waals surface area contributed by atoms with Crippen LogP contribution >= 0.6 is 0 Å². The third-order valence-electron chi connectivity index (χ3n) is 4.29. The molecule has 1 aromatic heterocycles. The van der Waals surface area contributed by atoms with Crippen LogP contribution in [0.4, 0.5) is 0 Å². The summed E-state index contributed by atoms with van der Waals surface area (Å²) in [6.07, 6.45) is 5.66. The molecule has 2 nitrogen and oxygen atoms in total. The van der Waals surface area contributed by atoms with Gasteiger partial charge in [-0.2, -0.15) is 0 Å². The molecule has 0 amide bonds. The van der Waals surface area contributed by atoms with Crippen molar-refractivity contribution < 1.29 is 9.21 Å². The number of furan rings is 1. The number of carbonyl (C=O) groups excluding carboxylic acids is 1. The van der Waals surface area contributed by atoms with E-state index in [9.17, 15) is 4.79 Å². The first kappa shape index (κ1) is 12.5. The Morgan fingerprint density at radius 2 is 1.89 bits per heavy atom. The van der Waals surface area contributed by atoms with E-state index in [2.05, 4.69) is 12.1 Å². The highest BCUT2D eigenvalue weighted by Crippen LogP contribution is 2.32. The first-order valence-corrected chi connectivity index (χ1v) is 7.21. The molecule has 100 valence electrons. The Morgan fingerprint density at radius 1 is 1.16 bits per heavy atom. The summed E-state index contributed by atoms with van der Waals surface area (Å²) in [5.74, 6) is 0.979. The van der Waals surface area contributed by atoms with E-state index < -0.39 is 0 Å². The van der Waals surface area contributed by atoms with Gasteiger partial charge in [0.2, 0.25) is 5.78 Å². The molecule has 2 aromatic rings. The lowest BCUT2D eigenvalue weighted by Crippen LogP contribution is -2.17. The molecule has 0 aliphatic heterocycles. The van der Waals surface area contributed by atoms with Gasteiger partial charge in [0.15, 0.2) is 5.76 Å². The molecule has 0 atom stereocenters. The summed E-state index contributed by atoms with van der Waals surface area (Å²) < 4.78 is 5.85. The monoisotopic (exact) mass is 256 g/mol. The minimum absolute atomic E-state index is 0.175. The fourth-order valence-electron chi connectivity index (χ4n) is 3.12. The maximum absolute atomic E-state index is 12.6. The zero-order valence-corrected chi connectivity index (χ0v) is 11.7. The van der Waals surface area contributed by atoms with Crippen LogP contribution in [0.1, 0.15) is 53.8 Å². The van der Waals surface area contributed by atoms with Gasteiger partial charge in [-0.3, -0.25) is 4.79 Å². The van der Waals surface area contributed by atoms with Crippen molar-refractivity contribution in [2.75, 3.05) is 0 Å². The molecule has 19 heavy (non-hydrogen) atoms. The molecule has 0 bridgehead atoms. The molecule has 1 fully saturated rings. The number of ketones is 1. The number of hydrogen-bond donors (Lipinski definition) is 0. The van der Waals surface area contributed by atoms with Crippen molar-refractivity contribution in [3.05, 3.63) is 35.1 Å². The number of carbonyl (C=O) groups is 1. The first-order valence-electron chi connectivity index (χ1n) is 7.21. The van der Waals surface area contributed by atoms with Crippen LogP contribution < -0.4 is 0 Å². The predicted molar refractivity (Wildman–Crippen MR) is 76.6 cm³/mol. The summed E-state index contributed by atoms with van der Waals surface area (Å²) in [7, 11) is 0. The number of Topliss-reactive ketones (excluding diaryl/α,β-unsaturated/α-hetero) is 1. The molecule has 1 saturated carbocycles. The lowest BCUT2D eigenvalue weighted by atomic mass is 9.85. The number of fused-ring (bicyclic) bond motifs is 1. The zero-order valence-electron chi connectivity index (χ0n) is 11.7. The summed E-state index contributed by atoms with van der Waals surface area (Å²) in [5, 5.41) is 1.07. The van der Waals surface area contributed by atoms with E-state index in [0.717, 1.165) is 34.9 Å². The van der Waals surface area contributed by atoms with Crippen LogP contribution in [-0.4, -0.2) is 5.78 Å². The van der Waals surface area contributed by atoms with Crippen molar-refractivity contribution in [3.8, 4) is 0 Å². The fraction of sp³-hybridized carbons (Fsp3) is 0.471. The third-order valence-corrected chi connectivity index (χ3v) is 4.29. The zero-order chi connectivity index (χ0) is 13.4. The maximum Gasteiger partial charge on any atom is 0.201 e. The summed E-state index contributed by atoms with van der Waals surface area (Å²) in [6.45, 7) is 4.04. The molecule has 2 heteroatoms. The normalized spacial score (nSPS) is 16.9. The molecular weight excluding hydrogens is 236 g/mol. The molecule has 0 spiro atoms. The minimum Gasteiger partial charge on any atom is -0.453 e. The van der Waals surface area contributed by atoms with E-state index in [1.165, 1.54) is 19.3 Å². The molecule has 0 radical (unpaired) electrons. The average molecular weight is 256 g/mol. The van der Waals surface area contributed by atoms with Crippen LogP contribution in [0.25, 0.3) is 11.0 Å². The summed E-state index contributed by atoms with van der Waals surface area (Å²) in [5.41, 5.74) is 3.01. The highest BCUT2D eigenvalue weighted by atomic mass is 16.3. The highest BCUT2D eigenvalue weighted by Gasteiger charge is 2.27. The molecular formula is C17H20O2. The molecule has 3 rings (SSSR count). The second kappa shape index (κ2) is 4.84. The van der Waals surface area contributed by atoms with Gasteiger partial charge >= 0.3 is 0 Å². The number of aryl methyl sites for hydroxylation is 2. The van der Waals surface area contributed by atoms with Gasteiger partial charge in [0, 0.05) is 16.9 Å². The molecule has 0 unspecified atom stereocenters. The molecule has 0 saturated heterocycles. The maximum atomic E-state index is 12.6. The average Bonchev–Trinajstić information content (AvgIpc) is 2.75. The molecule has 1 heterocycles. The number of hydrogen-bond acceptors (Lipinski definition) is 2. The quantitative estimate of drug-likeness (QED) is 0.721. The van der Waals surface area contributed by atoms with E-state index in [-0.39, 0.29) is 11.7 Å². The Balaban J connectivity index is 2.00. The van der Waals surface area contributed by atoms with Crippen LogP contribution in [0, 0.1) is 19.8 Å². The molecule has 1 aliphatic carbocycles. The second-order valence-corrected chi connectivity index (χ2v) is 5.75. The van der Waals surface area contributed by atoms with E-state index in [1.54, 1.807) is 0 Å². The highest BCUT2D eigenvalue weighted by molar-refractivity contribution is 6.01. The Hall–Kier alpha value is -1.57. The van der Waals surface area contributed by atoms with E-state index in [0.29, 0.717) is 5.76 Å². The van der Waals surface area contributed by atoms with Crippen molar-refractivity contribution in [2.24, 2.45) is 5.92 Å². The van der Waals surface area contributed by atoms with Gasteiger partial charge in [0.1, 0.15) is 5.58 Å². The predicted octanol–water partition coefficient (Wildman–Crippen LogP) is 4.81. The van der Waals surface area contributed by atoms with Crippen LogP contribution in [0.15, 0.2) is 22.6 Å². The minimum atomic E-state index is 0.175. The van der Waals surface area contributed by atoms with Gasteiger partial charge < -0.3 is 4.42 Å². The van der Waals surface area contributed by atoms with Crippen molar-refractivity contribution in [1.82, 2.24) is 0 Å². The summed E-state index contributed by atoms with van der Waals surface area (Å²) in [6, 6.07) is 6.14. The van der Waals surface area contributed by atoms with Crippen LogP contribution in [0.3, 0.4) is 0 Å². The van der Waals surface area contributed by atoms with Crippen LogP contribution in [0.5, 0.6) is 0 Å². The Bertz CT molecular complexity index is 615. The molecule has 1 aromatic carbocycles. The topological polar surface area (TPSA) is 30.2 Å². The lowest BCUT2D eigenvalue weighted by Gasteiger charge is -2.19. The number of rotatable bonds is 2. The van der Waals surface area contributed by atoms with Crippen molar-refractivity contribution in [1.29, 1.82) is 0 Å². The lowest BCUT2D eigenvalue weighted by molar-refractivity contribution is 0.0862. The molecule has 1 aliphatic rings.